The maximum absolute atomic E-state index is 5.33. The lowest BCUT2D eigenvalue weighted by atomic mass is 9.83. The van der Waals surface area contributed by atoms with Crippen LogP contribution in [0.5, 0.6) is 0 Å². The molecule has 0 aromatic rings. The van der Waals surface area contributed by atoms with Crippen LogP contribution in [-0.2, 0) is 0 Å². The van der Waals surface area contributed by atoms with E-state index in [4.69, 9.17) is 12.2 Å². The average Bonchev–Trinajstić information content (AvgIpc) is 3.02. The van der Waals surface area contributed by atoms with Crippen molar-refractivity contribution in [3.63, 3.8) is 0 Å². The van der Waals surface area contributed by atoms with Crippen molar-refractivity contribution in [2.24, 2.45) is 5.92 Å². The van der Waals surface area contributed by atoms with Gasteiger partial charge in [-0.2, -0.15) is 0 Å². The lowest BCUT2D eigenvalue weighted by molar-refractivity contribution is 0.279. The van der Waals surface area contributed by atoms with Crippen LogP contribution in [0.2, 0.25) is 0 Å². The molecule has 0 aromatic heterocycles. The highest BCUT2D eigenvalue weighted by Gasteiger charge is 2.26. The van der Waals surface area contributed by atoms with E-state index in [0.717, 1.165) is 11.0 Å². The normalized spacial score (nSPS) is 31.0. The Morgan fingerprint density at radius 2 is 1.87 bits per heavy atom. The van der Waals surface area contributed by atoms with Gasteiger partial charge in [-0.3, -0.25) is 0 Å². The first-order valence-corrected chi connectivity index (χ1v) is 6.77. The number of nitrogens with one attached hydrogen (secondary N) is 2. The Hall–Kier alpha value is -0.310. The van der Waals surface area contributed by atoms with Crippen molar-refractivity contribution in [1.29, 1.82) is 0 Å². The van der Waals surface area contributed by atoms with Gasteiger partial charge in [0, 0.05) is 12.1 Å². The average molecular weight is 226 g/mol. The van der Waals surface area contributed by atoms with Crippen molar-refractivity contribution in [1.82, 2.24) is 10.6 Å². The summed E-state index contributed by atoms with van der Waals surface area (Å²) in [5.41, 5.74) is 0. The van der Waals surface area contributed by atoms with E-state index < -0.39 is 0 Å². The van der Waals surface area contributed by atoms with Crippen LogP contribution in [0.1, 0.15) is 51.9 Å². The van der Waals surface area contributed by atoms with Gasteiger partial charge in [0.15, 0.2) is 5.11 Å². The SMILES string of the molecule is CCC1CCCCC1NC(=S)NC1CC1. The Morgan fingerprint density at radius 3 is 2.53 bits per heavy atom. The lowest BCUT2D eigenvalue weighted by Gasteiger charge is -2.32. The molecule has 0 aromatic carbocycles. The molecule has 2 saturated carbocycles. The van der Waals surface area contributed by atoms with Crippen LogP contribution in [-0.4, -0.2) is 17.2 Å². The molecule has 2 aliphatic carbocycles. The fourth-order valence-corrected chi connectivity index (χ4v) is 2.83. The van der Waals surface area contributed by atoms with E-state index in [1.165, 1.54) is 44.9 Å². The smallest absolute Gasteiger partial charge is 0.166 e. The molecule has 0 spiro atoms. The summed E-state index contributed by atoms with van der Waals surface area (Å²) in [5.74, 6) is 0.831. The molecule has 86 valence electrons. The van der Waals surface area contributed by atoms with Gasteiger partial charge in [-0.25, -0.2) is 0 Å². The maximum atomic E-state index is 5.33. The summed E-state index contributed by atoms with van der Waals surface area (Å²) in [5, 5.41) is 7.77. The minimum absolute atomic E-state index is 0.627. The molecule has 2 N–H and O–H groups in total. The van der Waals surface area contributed by atoms with Crippen molar-refractivity contribution >= 4 is 17.3 Å². The minimum Gasteiger partial charge on any atom is -0.360 e. The quantitative estimate of drug-likeness (QED) is 0.723. The van der Waals surface area contributed by atoms with Gasteiger partial charge in [-0.1, -0.05) is 26.2 Å². The second kappa shape index (κ2) is 5.15. The van der Waals surface area contributed by atoms with Gasteiger partial charge in [0.25, 0.3) is 0 Å². The second-order valence-corrected chi connectivity index (χ2v) is 5.36. The number of hydrogen-bond acceptors (Lipinski definition) is 1. The molecule has 2 rings (SSSR count). The molecule has 15 heavy (non-hydrogen) atoms. The van der Waals surface area contributed by atoms with E-state index in [0.29, 0.717) is 12.1 Å². The molecular weight excluding hydrogens is 204 g/mol. The summed E-state index contributed by atoms with van der Waals surface area (Å²) in [7, 11) is 0. The molecule has 2 fully saturated rings. The van der Waals surface area contributed by atoms with Crippen molar-refractivity contribution in [3.8, 4) is 0 Å². The first-order chi connectivity index (χ1) is 7.29. The summed E-state index contributed by atoms with van der Waals surface area (Å²) in [6, 6.07) is 1.30. The van der Waals surface area contributed by atoms with E-state index in [1.54, 1.807) is 0 Å². The molecule has 3 heteroatoms. The van der Waals surface area contributed by atoms with Gasteiger partial charge in [0.1, 0.15) is 0 Å². The predicted octanol–water partition coefficient (Wildman–Crippen LogP) is 2.58. The maximum Gasteiger partial charge on any atom is 0.166 e. The van der Waals surface area contributed by atoms with Crippen molar-refractivity contribution in [2.75, 3.05) is 0 Å². The summed E-state index contributed by atoms with van der Waals surface area (Å²) < 4.78 is 0. The molecule has 2 aliphatic rings. The summed E-state index contributed by atoms with van der Waals surface area (Å²) in [6.07, 6.45) is 9.31. The van der Waals surface area contributed by atoms with Crippen LogP contribution in [0.25, 0.3) is 0 Å². The zero-order chi connectivity index (χ0) is 10.7. The van der Waals surface area contributed by atoms with Crippen LogP contribution < -0.4 is 10.6 Å². The molecule has 2 unspecified atom stereocenters. The molecule has 0 radical (unpaired) electrons. The number of hydrogen-bond donors (Lipinski definition) is 2. The van der Waals surface area contributed by atoms with Gasteiger partial charge in [-0.05, 0) is 43.8 Å². The van der Waals surface area contributed by atoms with Gasteiger partial charge >= 0.3 is 0 Å². The summed E-state index contributed by atoms with van der Waals surface area (Å²) in [6.45, 7) is 2.29. The fraction of sp³-hybridized carbons (Fsp3) is 0.917. The van der Waals surface area contributed by atoms with Gasteiger partial charge < -0.3 is 10.6 Å². The molecule has 0 amide bonds. The third kappa shape index (κ3) is 3.33. The third-order valence-electron chi connectivity index (χ3n) is 3.66. The Morgan fingerprint density at radius 1 is 1.13 bits per heavy atom. The van der Waals surface area contributed by atoms with Crippen molar-refractivity contribution in [2.45, 2.75) is 64.0 Å². The van der Waals surface area contributed by atoms with Crippen LogP contribution >= 0.6 is 12.2 Å². The van der Waals surface area contributed by atoms with E-state index in [1.807, 2.05) is 0 Å². The lowest BCUT2D eigenvalue weighted by Crippen LogP contribution is -2.47. The Labute approximate surface area is 98.2 Å². The molecule has 0 aliphatic heterocycles. The predicted molar refractivity (Wildman–Crippen MR) is 67.9 cm³/mol. The zero-order valence-corrected chi connectivity index (χ0v) is 10.4. The Balaban J connectivity index is 1.76. The van der Waals surface area contributed by atoms with Crippen LogP contribution in [0.4, 0.5) is 0 Å². The van der Waals surface area contributed by atoms with Crippen LogP contribution in [0.3, 0.4) is 0 Å². The monoisotopic (exact) mass is 226 g/mol. The topological polar surface area (TPSA) is 24.1 Å². The molecule has 2 nitrogen and oxygen atoms in total. The Bertz CT molecular complexity index is 226. The van der Waals surface area contributed by atoms with Gasteiger partial charge in [0.2, 0.25) is 0 Å². The van der Waals surface area contributed by atoms with E-state index in [-0.39, 0.29) is 0 Å². The third-order valence-corrected chi connectivity index (χ3v) is 3.90. The van der Waals surface area contributed by atoms with Gasteiger partial charge in [-0.15, -0.1) is 0 Å². The van der Waals surface area contributed by atoms with Gasteiger partial charge in [0.05, 0.1) is 0 Å². The molecule has 0 saturated heterocycles. The van der Waals surface area contributed by atoms with E-state index in [9.17, 15) is 0 Å². The standard InChI is InChI=1S/C12H22N2S/c1-2-9-5-3-4-6-11(9)14-12(15)13-10-7-8-10/h9-11H,2-8H2,1H3,(H2,13,14,15). The first kappa shape index (κ1) is 11.2. The molecule has 2 atom stereocenters. The second-order valence-electron chi connectivity index (χ2n) is 4.95. The summed E-state index contributed by atoms with van der Waals surface area (Å²) in [4.78, 5) is 0. The molecule has 0 bridgehead atoms. The van der Waals surface area contributed by atoms with Crippen molar-refractivity contribution in [3.05, 3.63) is 0 Å². The molecular formula is C12H22N2S. The number of thiocarbonyl (C=S) groups is 1. The van der Waals surface area contributed by atoms with Crippen molar-refractivity contribution < 1.29 is 0 Å². The van der Waals surface area contributed by atoms with E-state index >= 15 is 0 Å². The van der Waals surface area contributed by atoms with E-state index in [2.05, 4.69) is 17.6 Å². The Kier molecular flexibility index (Phi) is 3.84. The minimum atomic E-state index is 0.627. The number of rotatable bonds is 3. The first-order valence-electron chi connectivity index (χ1n) is 6.36. The highest BCUT2D eigenvalue weighted by molar-refractivity contribution is 7.80. The zero-order valence-electron chi connectivity index (χ0n) is 9.59. The highest BCUT2D eigenvalue weighted by atomic mass is 32.1. The van der Waals surface area contributed by atoms with Crippen LogP contribution in [0.15, 0.2) is 0 Å². The fourth-order valence-electron chi connectivity index (χ4n) is 2.51. The highest BCUT2D eigenvalue weighted by Crippen LogP contribution is 2.27. The molecule has 0 heterocycles. The van der Waals surface area contributed by atoms with Crippen LogP contribution in [0, 0.1) is 5.92 Å². The largest absolute Gasteiger partial charge is 0.360 e. The summed E-state index contributed by atoms with van der Waals surface area (Å²) >= 11 is 5.33.